The van der Waals surface area contributed by atoms with Gasteiger partial charge in [0, 0.05) is 12.8 Å². The van der Waals surface area contributed by atoms with Gasteiger partial charge in [-0.25, -0.2) is 0 Å². The summed E-state index contributed by atoms with van der Waals surface area (Å²) in [4.78, 5) is -0.266. The zero-order valence-electron chi connectivity index (χ0n) is 50.2. The van der Waals surface area contributed by atoms with Gasteiger partial charge in [-0.15, -0.1) is 0 Å². The van der Waals surface area contributed by atoms with Crippen molar-refractivity contribution in [2.75, 3.05) is 120 Å². The Morgan fingerprint density at radius 3 is 0.667 bits per heavy atom. The minimum atomic E-state index is -4.02. The van der Waals surface area contributed by atoms with E-state index < -0.39 is 40.5 Å². The number of rotatable bonds is 8. The Bertz CT molecular complexity index is 2880. The van der Waals surface area contributed by atoms with Crippen molar-refractivity contribution in [3.63, 3.8) is 0 Å². The second-order valence-electron chi connectivity index (χ2n) is 22.5. The van der Waals surface area contributed by atoms with E-state index in [2.05, 4.69) is 52.5 Å². The summed E-state index contributed by atoms with van der Waals surface area (Å²) >= 11 is 0. The van der Waals surface area contributed by atoms with Crippen molar-refractivity contribution in [3.05, 3.63) is 119 Å². The zero-order valence-corrected chi connectivity index (χ0v) is 53.4. The number of aryl methyl sites for hydroxylation is 4. The molecule has 4 aromatic carbocycles. The maximum absolute atomic E-state index is 10.5. The lowest BCUT2D eigenvalue weighted by Crippen LogP contribution is -2.51. The number of benzene rings is 4. The van der Waals surface area contributed by atoms with E-state index in [4.69, 9.17) is 44.0 Å². The highest BCUT2D eigenvalue weighted by Crippen LogP contribution is 2.18. The van der Waals surface area contributed by atoms with Crippen LogP contribution in [0, 0.1) is 73.0 Å². The molecule has 4 heterocycles. The van der Waals surface area contributed by atoms with Gasteiger partial charge in [-0.1, -0.05) is 93.1 Å². The molecule has 0 atom stereocenters. The monoisotopic (exact) mass is 1290 g/mol. The average Bonchev–Trinajstić information content (AvgIpc) is 4.05. The number of hydrogen-bond acceptors (Lipinski definition) is 13. The number of likely N-dealkylation sites (tertiary alicyclic amines) is 3. The quantitative estimate of drug-likeness (QED) is 0.0724. The molecule has 488 valence electrons. The van der Waals surface area contributed by atoms with Gasteiger partial charge >= 0.3 is 0 Å². The second kappa shape index (κ2) is 41.5. The van der Waals surface area contributed by atoms with Gasteiger partial charge in [-0.3, -0.25) is 18.2 Å². The highest BCUT2D eigenvalue weighted by Gasteiger charge is 2.27. The minimum absolute atomic E-state index is 0. The van der Waals surface area contributed by atoms with Crippen LogP contribution >= 0.6 is 0 Å². The van der Waals surface area contributed by atoms with Crippen LogP contribution in [0.25, 0.3) is 0 Å². The van der Waals surface area contributed by atoms with E-state index in [0.29, 0.717) is 26.2 Å². The van der Waals surface area contributed by atoms with Gasteiger partial charge in [-0.05, 0) is 121 Å². The Hall–Kier alpha value is -5.72. The van der Waals surface area contributed by atoms with Gasteiger partial charge in [0.05, 0.1) is 100 Å². The molecule has 4 saturated heterocycles. The molecule has 0 aliphatic carbocycles. The summed E-state index contributed by atoms with van der Waals surface area (Å²) < 4.78 is 127. The molecule has 25 heteroatoms. The molecule has 0 radical (unpaired) electrons. The standard InChI is InChI=1S/C9H17N2.C8H15N2.C7H13N2O.C7H13N2.4C7H8O3S.3CH4/c1-11(9-6-10)7-4-2-3-5-8-11;1-10(8-5-9)6-3-2-4-7-10;1-9(3-2-8)4-6-10-7-5-9;1-9(7-4-8)5-2-3-6-9;4*1-6-2-4-7(5-3-6)11(8,9)10;;;/h2-5,7-9H2,1H3;2-4,6-8H2,1H3;3-7H2,1H3;2-3,5-7H2,1H3;4*2-5H,1H3,(H,8,9,10);3*1H4/q4*+1;;;;;;;. The van der Waals surface area contributed by atoms with Crippen molar-refractivity contribution in [1.82, 2.24) is 0 Å². The second-order valence-corrected chi connectivity index (χ2v) is 28.2. The van der Waals surface area contributed by atoms with Crippen molar-refractivity contribution in [1.29, 1.82) is 21.0 Å². The summed E-state index contributed by atoms with van der Waals surface area (Å²) in [6, 6.07) is 32.9. The van der Waals surface area contributed by atoms with Crippen LogP contribution in [0.2, 0.25) is 0 Å². The fourth-order valence-corrected chi connectivity index (χ4v) is 10.7. The summed E-state index contributed by atoms with van der Waals surface area (Å²) in [5.41, 5.74) is 3.82. The lowest BCUT2D eigenvalue weighted by atomic mass is 10.1. The van der Waals surface area contributed by atoms with Crippen LogP contribution in [0.4, 0.5) is 0 Å². The molecule has 8 rings (SSSR count). The van der Waals surface area contributed by atoms with Gasteiger partial charge in [0.1, 0.15) is 37.4 Å². The summed E-state index contributed by atoms with van der Waals surface area (Å²) in [6.45, 7) is 20.8. The Kier molecular flexibility index (Phi) is 40.8. The van der Waals surface area contributed by atoms with E-state index in [1.807, 2.05) is 27.7 Å². The van der Waals surface area contributed by atoms with Gasteiger partial charge in [-0.2, -0.15) is 54.7 Å². The van der Waals surface area contributed by atoms with Crippen LogP contribution in [0.3, 0.4) is 0 Å². The van der Waals surface area contributed by atoms with Crippen LogP contribution in [-0.2, 0) is 45.2 Å². The molecule has 0 spiro atoms. The van der Waals surface area contributed by atoms with E-state index in [0.717, 1.165) is 66.5 Å². The summed E-state index contributed by atoms with van der Waals surface area (Å²) in [7, 11) is -7.43. The third-order valence-corrected chi connectivity index (χ3v) is 17.8. The molecule has 0 aromatic heterocycles. The smallest absolute Gasteiger partial charge is 0.294 e. The van der Waals surface area contributed by atoms with Crippen molar-refractivity contribution < 1.29 is 74.6 Å². The van der Waals surface area contributed by atoms with Crippen molar-refractivity contribution in [2.24, 2.45) is 0 Å². The summed E-state index contributed by atoms with van der Waals surface area (Å²) in [5.74, 6) is 0. The summed E-state index contributed by atoms with van der Waals surface area (Å²) in [5, 5.41) is 34.0. The maximum atomic E-state index is 10.5. The average molecular weight is 1300 g/mol. The first kappa shape index (κ1) is 85.5. The van der Waals surface area contributed by atoms with Crippen LogP contribution in [0.5, 0.6) is 0 Å². The Labute approximate surface area is 524 Å². The number of quaternary nitrogens is 4. The normalized spacial score (nSPS) is 16.6. The number of nitrogens with zero attached hydrogens (tertiary/aromatic N) is 8. The number of morpholine rings is 1. The molecule has 21 nitrogen and oxygen atoms in total. The number of nitriles is 4. The first-order valence-electron chi connectivity index (χ1n) is 27.6. The fourth-order valence-electron chi connectivity index (χ4n) is 8.77. The summed E-state index contributed by atoms with van der Waals surface area (Å²) in [6.07, 6.45) is 11.9. The topological polar surface area (TPSA) is 322 Å². The van der Waals surface area contributed by atoms with E-state index in [1.165, 1.54) is 146 Å². The molecule has 4 aromatic rings. The lowest BCUT2D eigenvalue weighted by Gasteiger charge is -2.35. The van der Waals surface area contributed by atoms with Crippen molar-refractivity contribution in [2.45, 2.75) is 127 Å². The third kappa shape index (κ3) is 37.7. The molecular formula is C62H102N8O13S4+4. The van der Waals surface area contributed by atoms with E-state index in [1.54, 1.807) is 48.5 Å². The number of likely N-dealkylation sites (N-methyl/N-ethyl adjacent to an activating group) is 1. The molecule has 0 saturated carbocycles. The van der Waals surface area contributed by atoms with Gasteiger partial charge in [0.15, 0.2) is 26.2 Å². The molecular weight excluding hydrogens is 1190 g/mol. The molecule has 4 aliphatic heterocycles. The molecule has 0 bridgehead atoms. The highest BCUT2D eigenvalue weighted by molar-refractivity contribution is 7.86. The lowest BCUT2D eigenvalue weighted by molar-refractivity contribution is -0.910. The Morgan fingerprint density at radius 2 is 0.494 bits per heavy atom. The zero-order chi connectivity index (χ0) is 63.7. The number of ether oxygens (including phenoxy) is 1. The van der Waals surface area contributed by atoms with Gasteiger partial charge < -0.3 is 22.7 Å². The molecule has 0 unspecified atom stereocenters. The van der Waals surface area contributed by atoms with E-state index in [9.17, 15) is 33.7 Å². The number of piperidine rings is 1. The fraction of sp³-hybridized carbons (Fsp3) is 0.548. The maximum Gasteiger partial charge on any atom is 0.294 e. The minimum Gasteiger partial charge on any atom is -0.370 e. The first-order chi connectivity index (χ1) is 39.1. The molecule has 4 N–H and O–H groups in total. The first-order valence-corrected chi connectivity index (χ1v) is 33.4. The third-order valence-electron chi connectivity index (χ3n) is 14.3. The molecule has 87 heavy (non-hydrogen) atoms. The predicted molar refractivity (Wildman–Crippen MR) is 342 cm³/mol. The molecule has 4 fully saturated rings. The Morgan fingerprint density at radius 1 is 0.333 bits per heavy atom. The van der Waals surface area contributed by atoms with E-state index in [-0.39, 0.29) is 41.9 Å². The molecule has 4 aliphatic rings. The van der Waals surface area contributed by atoms with Crippen LogP contribution in [0.1, 0.15) is 102 Å². The van der Waals surface area contributed by atoms with Crippen molar-refractivity contribution in [3.8, 4) is 24.3 Å². The van der Waals surface area contributed by atoms with Crippen LogP contribution in [-0.4, -0.2) is 190 Å². The van der Waals surface area contributed by atoms with Crippen LogP contribution in [0.15, 0.2) is 117 Å². The van der Waals surface area contributed by atoms with Gasteiger partial charge in [0.2, 0.25) is 0 Å². The number of hydrogen-bond donors (Lipinski definition) is 4. The Balaban J connectivity index is -0.000000923. The highest BCUT2D eigenvalue weighted by atomic mass is 32.2. The van der Waals surface area contributed by atoms with Crippen LogP contribution < -0.4 is 0 Å². The molecule has 0 amide bonds. The van der Waals surface area contributed by atoms with Gasteiger partial charge in [0.25, 0.3) is 40.5 Å². The van der Waals surface area contributed by atoms with Crippen molar-refractivity contribution >= 4 is 40.5 Å². The predicted octanol–water partition coefficient (Wildman–Crippen LogP) is 10.3. The SMILES string of the molecule is C.C.C.C[N+]1(CC#N)CCCC1.C[N+]1(CC#N)CCCCC1.C[N+]1(CC#N)CCCCCC1.C[N+]1(CC#N)CCOCC1.Cc1ccc(S(=O)(=O)O)cc1.Cc1ccc(S(=O)(=O)O)cc1.Cc1ccc(S(=O)(=O)O)cc1.Cc1ccc(S(=O)(=O)O)cc1. The largest absolute Gasteiger partial charge is 0.370 e. The van der Waals surface area contributed by atoms with E-state index >= 15 is 0 Å².